The van der Waals surface area contributed by atoms with E-state index in [1.807, 2.05) is 45.0 Å². The lowest BCUT2D eigenvalue weighted by Crippen LogP contribution is -2.12. The molecule has 1 N–H and O–H groups in total. The second-order valence-electron chi connectivity index (χ2n) is 5.87. The van der Waals surface area contributed by atoms with Crippen LogP contribution in [0.3, 0.4) is 0 Å². The zero-order valence-corrected chi connectivity index (χ0v) is 14.8. The number of nitrogens with zero attached hydrogens (tertiary/aromatic N) is 5. The maximum Gasteiger partial charge on any atom is 0.258 e. The van der Waals surface area contributed by atoms with E-state index in [1.54, 1.807) is 10.6 Å². The molecule has 0 spiro atoms. The number of fused-ring (bicyclic) bond motifs is 2. The SMILES string of the molecule is Cc1cc(C)n2nc(S[C@@H](C)c3nc4ccccc4c(=O)[nH]3)nc2n1. The summed E-state index contributed by atoms with van der Waals surface area (Å²) in [4.78, 5) is 28.5. The molecule has 7 nitrogen and oxygen atoms in total. The number of H-pyrrole nitrogens is 1. The van der Waals surface area contributed by atoms with E-state index in [9.17, 15) is 4.79 Å². The van der Waals surface area contributed by atoms with Gasteiger partial charge >= 0.3 is 0 Å². The molecule has 4 aromatic rings. The van der Waals surface area contributed by atoms with E-state index >= 15 is 0 Å². The molecular weight excluding hydrogens is 336 g/mol. The third kappa shape index (κ3) is 2.89. The third-order valence-corrected chi connectivity index (χ3v) is 4.86. The van der Waals surface area contributed by atoms with E-state index < -0.39 is 0 Å². The van der Waals surface area contributed by atoms with Crippen molar-refractivity contribution >= 4 is 28.4 Å². The van der Waals surface area contributed by atoms with Crippen LogP contribution in [0.4, 0.5) is 0 Å². The van der Waals surface area contributed by atoms with Gasteiger partial charge in [-0.1, -0.05) is 23.9 Å². The van der Waals surface area contributed by atoms with E-state index in [0.29, 0.717) is 27.7 Å². The Kier molecular flexibility index (Phi) is 3.76. The third-order valence-electron chi connectivity index (χ3n) is 3.90. The first kappa shape index (κ1) is 15.8. The molecule has 3 heterocycles. The number of hydrogen-bond donors (Lipinski definition) is 1. The van der Waals surface area contributed by atoms with Crippen molar-refractivity contribution < 1.29 is 0 Å². The minimum Gasteiger partial charge on any atom is -0.309 e. The summed E-state index contributed by atoms with van der Waals surface area (Å²) >= 11 is 1.44. The quantitative estimate of drug-likeness (QED) is 0.570. The molecule has 0 aliphatic rings. The summed E-state index contributed by atoms with van der Waals surface area (Å²) < 4.78 is 1.72. The molecule has 0 bridgehead atoms. The number of benzene rings is 1. The van der Waals surface area contributed by atoms with E-state index in [-0.39, 0.29) is 10.8 Å². The van der Waals surface area contributed by atoms with Crippen molar-refractivity contribution in [1.82, 2.24) is 29.5 Å². The average Bonchev–Trinajstić information content (AvgIpc) is 2.97. The average molecular weight is 352 g/mol. The Labute approximate surface area is 147 Å². The van der Waals surface area contributed by atoms with Crippen LogP contribution in [0.25, 0.3) is 16.7 Å². The fourth-order valence-corrected chi connectivity index (χ4v) is 3.51. The lowest BCUT2D eigenvalue weighted by molar-refractivity contribution is 0.837. The molecule has 0 aliphatic heterocycles. The molecule has 0 unspecified atom stereocenters. The van der Waals surface area contributed by atoms with Gasteiger partial charge in [0, 0.05) is 11.4 Å². The first-order valence-electron chi connectivity index (χ1n) is 7.88. The predicted molar refractivity (Wildman–Crippen MR) is 96.9 cm³/mol. The highest BCUT2D eigenvalue weighted by molar-refractivity contribution is 7.99. The summed E-state index contributed by atoms with van der Waals surface area (Å²) in [5.41, 5.74) is 2.43. The molecule has 1 aromatic carbocycles. The number of hydrogen-bond acceptors (Lipinski definition) is 6. The topological polar surface area (TPSA) is 88.8 Å². The second kappa shape index (κ2) is 5.96. The van der Waals surface area contributed by atoms with Gasteiger partial charge in [-0.2, -0.15) is 4.98 Å². The predicted octanol–water partition coefficient (Wildman–Crippen LogP) is 2.83. The molecule has 0 radical (unpaired) electrons. The minimum absolute atomic E-state index is 0.101. The zero-order chi connectivity index (χ0) is 17.6. The van der Waals surface area contributed by atoms with Gasteiger partial charge in [0.2, 0.25) is 5.16 Å². The van der Waals surface area contributed by atoms with Gasteiger partial charge in [-0.3, -0.25) is 4.79 Å². The Bertz CT molecular complexity index is 1150. The number of para-hydroxylation sites is 1. The molecule has 0 fully saturated rings. The number of rotatable bonds is 3. The molecule has 0 saturated heterocycles. The van der Waals surface area contributed by atoms with E-state index in [4.69, 9.17) is 0 Å². The molecule has 8 heteroatoms. The molecule has 3 aromatic heterocycles. The summed E-state index contributed by atoms with van der Waals surface area (Å²) in [6, 6.07) is 9.27. The van der Waals surface area contributed by atoms with Crippen LogP contribution < -0.4 is 5.56 Å². The summed E-state index contributed by atoms with van der Waals surface area (Å²) in [7, 11) is 0. The van der Waals surface area contributed by atoms with E-state index in [0.717, 1.165) is 11.4 Å². The first-order chi connectivity index (χ1) is 12.0. The highest BCUT2D eigenvalue weighted by Gasteiger charge is 2.16. The van der Waals surface area contributed by atoms with Crippen LogP contribution in [0.15, 0.2) is 40.3 Å². The largest absolute Gasteiger partial charge is 0.309 e. The van der Waals surface area contributed by atoms with Crippen LogP contribution in [-0.2, 0) is 0 Å². The van der Waals surface area contributed by atoms with Gasteiger partial charge in [0.15, 0.2) is 0 Å². The molecule has 0 saturated carbocycles. The molecule has 0 aliphatic carbocycles. The van der Waals surface area contributed by atoms with Crippen molar-refractivity contribution in [1.29, 1.82) is 0 Å². The van der Waals surface area contributed by atoms with Crippen molar-refractivity contribution in [2.24, 2.45) is 0 Å². The number of aryl methyl sites for hydroxylation is 2. The van der Waals surface area contributed by atoms with Crippen molar-refractivity contribution in [3.05, 3.63) is 57.9 Å². The monoisotopic (exact) mass is 352 g/mol. The second-order valence-corrected chi connectivity index (χ2v) is 7.18. The molecule has 4 rings (SSSR count). The molecule has 0 amide bonds. The highest BCUT2D eigenvalue weighted by atomic mass is 32.2. The van der Waals surface area contributed by atoms with E-state index in [1.165, 1.54) is 11.8 Å². The maximum absolute atomic E-state index is 12.2. The first-order valence-corrected chi connectivity index (χ1v) is 8.76. The van der Waals surface area contributed by atoms with Gasteiger partial charge in [-0.15, -0.1) is 5.10 Å². The summed E-state index contributed by atoms with van der Waals surface area (Å²) in [6.07, 6.45) is 0. The Hall–Kier alpha value is -2.74. The van der Waals surface area contributed by atoms with Gasteiger partial charge in [0.05, 0.1) is 16.2 Å². The van der Waals surface area contributed by atoms with Gasteiger partial charge < -0.3 is 4.98 Å². The molecular formula is C17H16N6OS. The fraction of sp³-hybridized carbons (Fsp3) is 0.235. The van der Waals surface area contributed by atoms with Crippen molar-refractivity contribution in [3.63, 3.8) is 0 Å². The highest BCUT2D eigenvalue weighted by Crippen LogP contribution is 2.31. The Morgan fingerprint density at radius 1 is 1.16 bits per heavy atom. The summed E-state index contributed by atoms with van der Waals surface area (Å²) in [6.45, 7) is 5.87. The lowest BCUT2D eigenvalue weighted by Gasteiger charge is -2.08. The Morgan fingerprint density at radius 3 is 2.80 bits per heavy atom. The zero-order valence-electron chi connectivity index (χ0n) is 14.0. The summed E-state index contributed by atoms with van der Waals surface area (Å²) in [5.74, 6) is 1.18. The van der Waals surface area contributed by atoms with Crippen molar-refractivity contribution in [2.45, 2.75) is 31.2 Å². The van der Waals surface area contributed by atoms with Crippen molar-refractivity contribution in [2.75, 3.05) is 0 Å². The van der Waals surface area contributed by atoms with Crippen LogP contribution in [-0.4, -0.2) is 29.5 Å². The van der Waals surface area contributed by atoms with Gasteiger partial charge in [-0.05, 0) is 39.0 Å². The van der Waals surface area contributed by atoms with Crippen molar-refractivity contribution in [3.8, 4) is 0 Å². The van der Waals surface area contributed by atoms with Gasteiger partial charge in [0.25, 0.3) is 11.3 Å². The van der Waals surface area contributed by atoms with Crippen LogP contribution in [0, 0.1) is 13.8 Å². The van der Waals surface area contributed by atoms with Crippen LogP contribution >= 0.6 is 11.8 Å². The Morgan fingerprint density at radius 2 is 1.96 bits per heavy atom. The lowest BCUT2D eigenvalue weighted by atomic mass is 10.2. The summed E-state index contributed by atoms with van der Waals surface area (Å²) in [5, 5.41) is 5.58. The number of nitrogens with one attached hydrogen (secondary N) is 1. The standard InChI is InChI=1S/C17H16N6OS/c1-9-8-10(2)23-16(18-9)21-17(22-23)25-11(3)14-19-13-7-5-4-6-12(13)15(24)20-14/h4-8,11H,1-3H3,(H,19,20,24)/t11-/m0/s1. The Balaban J connectivity index is 1.69. The normalized spacial score (nSPS) is 12.8. The molecule has 126 valence electrons. The number of aromatic nitrogens is 6. The van der Waals surface area contributed by atoms with Crippen LogP contribution in [0.2, 0.25) is 0 Å². The number of thioether (sulfide) groups is 1. The molecule has 25 heavy (non-hydrogen) atoms. The molecule has 1 atom stereocenters. The maximum atomic E-state index is 12.2. The fourth-order valence-electron chi connectivity index (χ4n) is 2.71. The number of aromatic amines is 1. The van der Waals surface area contributed by atoms with Gasteiger partial charge in [-0.25, -0.2) is 14.5 Å². The van der Waals surface area contributed by atoms with E-state index in [2.05, 4.69) is 25.0 Å². The minimum atomic E-state index is -0.135. The van der Waals surface area contributed by atoms with Crippen LogP contribution in [0.5, 0.6) is 0 Å². The smallest absolute Gasteiger partial charge is 0.258 e. The van der Waals surface area contributed by atoms with Crippen LogP contribution in [0.1, 0.15) is 29.4 Å². The van der Waals surface area contributed by atoms with Gasteiger partial charge in [0.1, 0.15) is 5.82 Å².